The molecule has 0 amide bonds. The van der Waals surface area contributed by atoms with E-state index in [1.807, 2.05) is 0 Å². The molecule has 0 saturated carbocycles. The molecule has 21 heavy (non-hydrogen) atoms. The normalized spacial score (nSPS) is 22.0. The fourth-order valence-corrected chi connectivity index (χ4v) is 3.77. The van der Waals surface area contributed by atoms with Crippen LogP contribution in [0.15, 0.2) is 10.5 Å². The van der Waals surface area contributed by atoms with Crippen molar-refractivity contribution in [3.63, 3.8) is 0 Å². The second-order valence-electron chi connectivity index (χ2n) is 5.83. The Kier molecular flexibility index (Phi) is 4.72. The number of methoxy groups -OCH3 is 1. The fraction of sp³-hybridized carbons (Fsp3) is 0.625. The van der Waals surface area contributed by atoms with Crippen molar-refractivity contribution >= 4 is 15.9 Å². The average molecular weight is 355 g/mol. The van der Waals surface area contributed by atoms with Crippen molar-refractivity contribution in [3.05, 3.63) is 21.7 Å². The van der Waals surface area contributed by atoms with Gasteiger partial charge in [-0.1, -0.05) is 15.9 Å². The highest BCUT2D eigenvalue weighted by molar-refractivity contribution is 9.10. The number of piperazine rings is 1. The van der Waals surface area contributed by atoms with Crippen LogP contribution < -0.4 is 14.8 Å². The number of rotatable bonds is 4. The molecule has 4 nitrogen and oxygen atoms in total. The van der Waals surface area contributed by atoms with E-state index in [2.05, 4.69) is 39.1 Å². The van der Waals surface area contributed by atoms with E-state index >= 15 is 0 Å². The molecule has 0 aromatic heterocycles. The third kappa shape index (κ3) is 3.20. The number of ether oxygens (including phenoxy) is 2. The Morgan fingerprint density at radius 2 is 2.19 bits per heavy atom. The van der Waals surface area contributed by atoms with E-state index in [4.69, 9.17) is 9.47 Å². The molecule has 2 aliphatic heterocycles. The van der Waals surface area contributed by atoms with Gasteiger partial charge in [0.05, 0.1) is 7.11 Å². The van der Waals surface area contributed by atoms with Gasteiger partial charge in [-0.15, -0.1) is 0 Å². The summed E-state index contributed by atoms with van der Waals surface area (Å²) in [6, 6.07) is 2.13. The minimum Gasteiger partial charge on any atom is -0.493 e. The van der Waals surface area contributed by atoms with Gasteiger partial charge in [-0.2, -0.15) is 0 Å². The zero-order valence-corrected chi connectivity index (χ0v) is 14.3. The van der Waals surface area contributed by atoms with Gasteiger partial charge in [0.1, 0.15) is 6.10 Å². The number of hydrogen-bond donors (Lipinski definition) is 1. The van der Waals surface area contributed by atoms with Gasteiger partial charge >= 0.3 is 0 Å². The molecule has 1 fully saturated rings. The molecule has 1 aromatic rings. The molecule has 0 radical (unpaired) electrons. The van der Waals surface area contributed by atoms with Crippen LogP contribution in [0, 0.1) is 0 Å². The molecule has 1 N–H and O–H groups in total. The molecule has 3 rings (SSSR count). The lowest BCUT2D eigenvalue weighted by Gasteiger charge is -2.27. The molecule has 1 saturated heterocycles. The second kappa shape index (κ2) is 6.55. The largest absolute Gasteiger partial charge is 0.493 e. The molecule has 5 heteroatoms. The quantitative estimate of drug-likeness (QED) is 0.898. The van der Waals surface area contributed by atoms with Gasteiger partial charge in [0.2, 0.25) is 0 Å². The molecule has 0 spiro atoms. The van der Waals surface area contributed by atoms with Gasteiger partial charge in [0.15, 0.2) is 11.5 Å². The van der Waals surface area contributed by atoms with E-state index in [9.17, 15) is 0 Å². The molecule has 2 aliphatic rings. The summed E-state index contributed by atoms with van der Waals surface area (Å²) in [6.45, 7) is 7.67. The summed E-state index contributed by atoms with van der Waals surface area (Å²) in [4.78, 5) is 2.52. The Morgan fingerprint density at radius 3 is 2.90 bits per heavy atom. The Labute approximate surface area is 134 Å². The SMILES string of the molecule is COc1cc(CCN2CCNCC2)c(Br)c2c1OC(C)C2. The van der Waals surface area contributed by atoms with Crippen LogP contribution in [-0.4, -0.2) is 50.8 Å². The summed E-state index contributed by atoms with van der Waals surface area (Å²) in [5.74, 6) is 1.79. The maximum Gasteiger partial charge on any atom is 0.166 e. The first kappa shape index (κ1) is 15.1. The van der Waals surface area contributed by atoms with Crippen LogP contribution in [0.25, 0.3) is 0 Å². The van der Waals surface area contributed by atoms with Crippen molar-refractivity contribution in [1.29, 1.82) is 0 Å². The fourth-order valence-electron chi connectivity index (χ4n) is 3.12. The van der Waals surface area contributed by atoms with Crippen LogP contribution in [0.3, 0.4) is 0 Å². The summed E-state index contributed by atoms with van der Waals surface area (Å²) < 4.78 is 12.6. The van der Waals surface area contributed by atoms with Gasteiger partial charge in [0.25, 0.3) is 0 Å². The van der Waals surface area contributed by atoms with Crippen LogP contribution in [0.5, 0.6) is 11.5 Å². The van der Waals surface area contributed by atoms with E-state index in [-0.39, 0.29) is 6.10 Å². The van der Waals surface area contributed by atoms with Crippen LogP contribution in [0.1, 0.15) is 18.1 Å². The highest BCUT2D eigenvalue weighted by Gasteiger charge is 2.27. The lowest BCUT2D eigenvalue weighted by Crippen LogP contribution is -2.44. The maximum absolute atomic E-state index is 5.89. The van der Waals surface area contributed by atoms with E-state index < -0.39 is 0 Å². The summed E-state index contributed by atoms with van der Waals surface area (Å²) >= 11 is 3.78. The summed E-state index contributed by atoms with van der Waals surface area (Å²) in [7, 11) is 1.72. The lowest BCUT2D eigenvalue weighted by molar-refractivity contribution is 0.242. The minimum atomic E-state index is 0.230. The second-order valence-corrected chi connectivity index (χ2v) is 6.63. The first-order chi connectivity index (χ1) is 10.2. The van der Waals surface area contributed by atoms with E-state index in [1.165, 1.54) is 15.6 Å². The van der Waals surface area contributed by atoms with Crippen molar-refractivity contribution in [2.24, 2.45) is 0 Å². The number of fused-ring (bicyclic) bond motifs is 1. The predicted octanol–water partition coefficient (Wildman–Crippen LogP) is 2.23. The number of nitrogens with one attached hydrogen (secondary N) is 1. The van der Waals surface area contributed by atoms with Crippen LogP contribution in [-0.2, 0) is 12.8 Å². The number of benzene rings is 1. The van der Waals surface area contributed by atoms with Crippen LogP contribution in [0.4, 0.5) is 0 Å². The molecule has 0 aliphatic carbocycles. The van der Waals surface area contributed by atoms with E-state index in [0.717, 1.165) is 57.1 Å². The minimum absolute atomic E-state index is 0.230. The average Bonchev–Trinajstić information content (AvgIpc) is 2.90. The van der Waals surface area contributed by atoms with Gasteiger partial charge in [-0.05, 0) is 25.0 Å². The van der Waals surface area contributed by atoms with E-state index in [0.29, 0.717) is 0 Å². The Bertz CT molecular complexity index is 515. The predicted molar refractivity (Wildman–Crippen MR) is 87.5 cm³/mol. The lowest BCUT2D eigenvalue weighted by atomic mass is 10.0. The highest BCUT2D eigenvalue weighted by atomic mass is 79.9. The highest BCUT2D eigenvalue weighted by Crippen LogP contribution is 2.44. The summed E-state index contributed by atoms with van der Waals surface area (Å²) in [6.07, 6.45) is 2.22. The van der Waals surface area contributed by atoms with Crippen molar-refractivity contribution in [2.45, 2.75) is 25.9 Å². The number of halogens is 1. The van der Waals surface area contributed by atoms with Crippen molar-refractivity contribution in [3.8, 4) is 11.5 Å². The Balaban J connectivity index is 1.77. The molecule has 1 unspecified atom stereocenters. The van der Waals surface area contributed by atoms with Gasteiger partial charge in [0, 0.05) is 49.2 Å². The Morgan fingerprint density at radius 1 is 1.43 bits per heavy atom. The maximum atomic E-state index is 5.89. The summed E-state index contributed by atoms with van der Waals surface area (Å²) in [5, 5.41) is 3.39. The third-order valence-electron chi connectivity index (χ3n) is 4.29. The van der Waals surface area contributed by atoms with Crippen molar-refractivity contribution in [2.75, 3.05) is 39.8 Å². The first-order valence-corrected chi connectivity index (χ1v) is 8.46. The molecule has 1 aromatic carbocycles. The standard InChI is InChI=1S/C16H23BrN2O2/c1-11-9-13-15(17)12(10-14(20-2)16(13)21-11)3-6-19-7-4-18-5-8-19/h10-11,18H,3-9H2,1-2H3. The topological polar surface area (TPSA) is 33.7 Å². The van der Waals surface area contributed by atoms with E-state index in [1.54, 1.807) is 7.11 Å². The number of hydrogen-bond acceptors (Lipinski definition) is 4. The molecular weight excluding hydrogens is 332 g/mol. The van der Waals surface area contributed by atoms with Crippen LogP contribution in [0.2, 0.25) is 0 Å². The van der Waals surface area contributed by atoms with Gasteiger partial charge < -0.3 is 19.7 Å². The monoisotopic (exact) mass is 354 g/mol. The van der Waals surface area contributed by atoms with Crippen molar-refractivity contribution < 1.29 is 9.47 Å². The zero-order chi connectivity index (χ0) is 14.8. The molecule has 2 heterocycles. The van der Waals surface area contributed by atoms with Gasteiger partial charge in [-0.25, -0.2) is 0 Å². The van der Waals surface area contributed by atoms with Crippen LogP contribution >= 0.6 is 15.9 Å². The first-order valence-electron chi connectivity index (χ1n) is 7.67. The molecule has 0 bridgehead atoms. The zero-order valence-electron chi connectivity index (χ0n) is 12.7. The molecule has 116 valence electrons. The van der Waals surface area contributed by atoms with Crippen molar-refractivity contribution in [1.82, 2.24) is 10.2 Å². The Hall–Kier alpha value is -0.780. The molecular formula is C16H23BrN2O2. The smallest absolute Gasteiger partial charge is 0.166 e. The third-order valence-corrected chi connectivity index (χ3v) is 5.28. The number of nitrogens with zero attached hydrogens (tertiary/aromatic N) is 1. The summed E-state index contributed by atoms with van der Waals surface area (Å²) in [5.41, 5.74) is 2.58. The molecule has 1 atom stereocenters. The van der Waals surface area contributed by atoms with Gasteiger partial charge in [-0.3, -0.25) is 0 Å².